The summed E-state index contributed by atoms with van der Waals surface area (Å²) in [5.41, 5.74) is -2.63. The van der Waals surface area contributed by atoms with E-state index in [0.717, 1.165) is 12.8 Å². The van der Waals surface area contributed by atoms with E-state index in [-0.39, 0.29) is 5.92 Å². The number of nitrogens with one attached hydrogen (secondary N) is 1. The molecule has 2 fully saturated rings. The topological polar surface area (TPSA) is 143 Å². The van der Waals surface area contributed by atoms with Crippen LogP contribution in [0.15, 0.2) is 21.9 Å². The van der Waals surface area contributed by atoms with Crippen LogP contribution in [0.25, 0.3) is 0 Å². The lowest BCUT2D eigenvalue weighted by Gasteiger charge is -2.36. The van der Waals surface area contributed by atoms with E-state index in [1.165, 1.54) is 23.9 Å². The molecule has 1 saturated carbocycles. The summed E-state index contributed by atoms with van der Waals surface area (Å²) in [5.74, 6) is -0.140. The molecule has 0 radical (unpaired) electrons. The molecule has 1 saturated heterocycles. The zero-order chi connectivity index (χ0) is 18.4. The molecule has 10 nitrogen and oxygen atoms in total. The molecule has 0 aromatic carbocycles. The van der Waals surface area contributed by atoms with Crippen LogP contribution in [-0.4, -0.2) is 56.5 Å². The normalized spacial score (nSPS) is 32.9. The van der Waals surface area contributed by atoms with Gasteiger partial charge in [-0.05, 0) is 24.6 Å². The minimum atomic E-state index is -4.08. The van der Waals surface area contributed by atoms with Crippen LogP contribution < -0.4 is 11.2 Å². The van der Waals surface area contributed by atoms with Crippen LogP contribution in [0, 0.1) is 5.92 Å². The zero-order valence-corrected chi connectivity index (χ0v) is 15.0. The van der Waals surface area contributed by atoms with Crippen LogP contribution >= 0.6 is 6.72 Å². The molecule has 0 unspecified atom stereocenters. The highest BCUT2D eigenvalue weighted by molar-refractivity contribution is 8.06. The Hall–Kier alpha value is -0.910. The summed E-state index contributed by atoms with van der Waals surface area (Å²) in [5, 5.41) is 9.65. The van der Waals surface area contributed by atoms with Crippen molar-refractivity contribution in [2.24, 2.45) is 5.92 Å². The van der Waals surface area contributed by atoms with Gasteiger partial charge in [0.15, 0.2) is 5.72 Å². The molecule has 140 valence electrons. The predicted octanol–water partition coefficient (Wildman–Crippen LogP) is -1.40. The highest BCUT2D eigenvalue weighted by Gasteiger charge is 2.64. The van der Waals surface area contributed by atoms with Crippen LogP contribution in [0.4, 0.5) is 0 Å². The second-order valence-electron chi connectivity index (χ2n) is 6.06. The van der Waals surface area contributed by atoms with Crippen molar-refractivity contribution in [3.05, 3.63) is 33.1 Å². The van der Waals surface area contributed by atoms with Crippen molar-refractivity contribution in [2.45, 2.75) is 36.9 Å². The molecule has 3 rings (SSSR count). The number of methoxy groups -OCH3 is 1. The Labute approximate surface area is 147 Å². The summed E-state index contributed by atoms with van der Waals surface area (Å²) in [6, 6.07) is 1.17. The molecule has 1 aliphatic heterocycles. The number of hydrogen-bond donors (Lipinski definition) is 4. The molecule has 1 aliphatic carbocycles. The van der Waals surface area contributed by atoms with E-state index >= 15 is 0 Å². The second kappa shape index (κ2) is 6.67. The van der Waals surface area contributed by atoms with Crippen LogP contribution in [0.1, 0.15) is 12.8 Å². The average Bonchev–Trinajstić information content (AvgIpc) is 3.31. The van der Waals surface area contributed by atoms with Gasteiger partial charge in [0.25, 0.3) is 5.56 Å². The minimum absolute atomic E-state index is 0.140. The number of H-pyrrole nitrogens is 1. The van der Waals surface area contributed by atoms with Crippen molar-refractivity contribution >= 4 is 18.5 Å². The largest absolute Gasteiger partial charge is 0.394 e. The fourth-order valence-corrected chi connectivity index (χ4v) is 4.30. The lowest BCUT2D eigenvalue weighted by Crippen LogP contribution is -2.54. The smallest absolute Gasteiger partial charge is 0.330 e. The van der Waals surface area contributed by atoms with Gasteiger partial charge in [0.2, 0.25) is 0 Å². The molecular formula is C13H19N2O8PS. The molecule has 0 bridgehead atoms. The predicted molar refractivity (Wildman–Crippen MR) is 88.4 cm³/mol. The van der Waals surface area contributed by atoms with Crippen LogP contribution in [-0.2, 0) is 31.5 Å². The van der Waals surface area contributed by atoms with Gasteiger partial charge in [-0.3, -0.25) is 18.9 Å². The van der Waals surface area contributed by atoms with Gasteiger partial charge in [0, 0.05) is 25.3 Å². The van der Waals surface area contributed by atoms with Gasteiger partial charge in [0.05, 0.1) is 6.61 Å². The number of hydrogen-bond acceptors (Lipinski definition) is 7. The lowest BCUT2D eigenvalue weighted by molar-refractivity contribution is -0.172. The molecule has 25 heavy (non-hydrogen) atoms. The highest BCUT2D eigenvalue weighted by Crippen LogP contribution is 2.55. The molecule has 12 heteroatoms. The number of nitrogens with zero attached hydrogens (tertiary/aromatic N) is 1. The summed E-state index contributed by atoms with van der Waals surface area (Å²) < 4.78 is 17.8. The van der Waals surface area contributed by atoms with E-state index in [9.17, 15) is 24.5 Å². The Bertz CT molecular complexity index is 802. The second-order valence-corrected chi connectivity index (χ2v) is 8.68. The SMILES string of the molecule is CO[C@@H]1[C@H](OP(O)(O)=S)[C@@H](CO)O[C@@]1(C1CC1)n1ccc(=O)[nH]c1=O. The third kappa shape index (κ3) is 3.38. The number of aliphatic hydroxyl groups is 1. The Morgan fingerprint density at radius 3 is 2.64 bits per heavy atom. The molecule has 0 amide bonds. The molecular weight excluding hydrogens is 375 g/mol. The van der Waals surface area contributed by atoms with Crippen molar-refractivity contribution < 1.29 is 28.9 Å². The maximum absolute atomic E-state index is 12.4. The molecule has 2 aliphatic rings. The fraction of sp³-hybridized carbons (Fsp3) is 0.692. The van der Waals surface area contributed by atoms with E-state index in [4.69, 9.17) is 14.0 Å². The summed E-state index contributed by atoms with van der Waals surface area (Å²) in [6.07, 6.45) is -0.314. The third-order valence-electron chi connectivity index (χ3n) is 4.47. The van der Waals surface area contributed by atoms with Gasteiger partial charge in [0.1, 0.15) is 18.3 Å². The molecule has 2 heterocycles. The first-order valence-electron chi connectivity index (χ1n) is 7.61. The van der Waals surface area contributed by atoms with Crippen molar-refractivity contribution in [3.8, 4) is 0 Å². The molecule has 4 atom stereocenters. The average molecular weight is 394 g/mol. The van der Waals surface area contributed by atoms with E-state index in [0.29, 0.717) is 0 Å². The van der Waals surface area contributed by atoms with E-state index in [1.807, 2.05) is 0 Å². The summed E-state index contributed by atoms with van der Waals surface area (Å²) in [6.45, 7) is -4.58. The fourth-order valence-electron chi connectivity index (χ4n) is 3.44. The summed E-state index contributed by atoms with van der Waals surface area (Å²) >= 11 is 4.53. The van der Waals surface area contributed by atoms with E-state index in [2.05, 4.69) is 16.8 Å². The van der Waals surface area contributed by atoms with Crippen molar-refractivity contribution in [3.63, 3.8) is 0 Å². The Balaban J connectivity index is 2.13. The van der Waals surface area contributed by atoms with E-state index < -0.39 is 48.6 Å². The van der Waals surface area contributed by atoms with Gasteiger partial charge in [-0.2, -0.15) is 0 Å². The quantitative estimate of drug-likeness (QED) is 0.428. The van der Waals surface area contributed by atoms with E-state index in [1.54, 1.807) is 0 Å². The summed E-state index contributed by atoms with van der Waals surface area (Å²) in [4.78, 5) is 45.0. The highest BCUT2D eigenvalue weighted by atomic mass is 32.5. The Kier molecular flexibility index (Phi) is 5.04. The van der Waals surface area contributed by atoms with Crippen molar-refractivity contribution in [1.29, 1.82) is 0 Å². The van der Waals surface area contributed by atoms with Gasteiger partial charge in [-0.1, -0.05) is 0 Å². The minimum Gasteiger partial charge on any atom is -0.394 e. The maximum atomic E-state index is 12.4. The number of aromatic amines is 1. The first-order valence-corrected chi connectivity index (χ1v) is 10.2. The Morgan fingerprint density at radius 1 is 1.48 bits per heavy atom. The van der Waals surface area contributed by atoms with Crippen molar-refractivity contribution in [2.75, 3.05) is 13.7 Å². The zero-order valence-electron chi connectivity index (χ0n) is 13.3. The first-order chi connectivity index (χ1) is 11.7. The monoisotopic (exact) mass is 394 g/mol. The van der Waals surface area contributed by atoms with Crippen molar-refractivity contribution in [1.82, 2.24) is 9.55 Å². The van der Waals surface area contributed by atoms with Gasteiger partial charge in [-0.15, -0.1) is 0 Å². The number of aromatic nitrogens is 2. The lowest BCUT2D eigenvalue weighted by atomic mass is 9.97. The summed E-state index contributed by atoms with van der Waals surface area (Å²) in [7, 11) is 1.36. The van der Waals surface area contributed by atoms with Gasteiger partial charge < -0.3 is 24.4 Å². The molecule has 1 aromatic heterocycles. The van der Waals surface area contributed by atoms with Gasteiger partial charge in [-0.25, -0.2) is 4.79 Å². The molecule has 4 N–H and O–H groups in total. The van der Waals surface area contributed by atoms with Crippen LogP contribution in [0.2, 0.25) is 0 Å². The standard InChI is InChI=1S/C13H19N2O8PS/c1-21-11-10(23-24(19,20)25)8(6-16)22-13(11,7-2-3-7)15-5-4-9(17)14-12(15)18/h4-5,7-8,10-11,16H,2-3,6H2,1H3,(H,14,17,18)(H2,19,20,25)/t8-,10-,11-,13-/m1/s1. The number of ether oxygens (including phenoxy) is 2. The first kappa shape index (κ1) is 18.9. The van der Waals surface area contributed by atoms with Crippen LogP contribution in [0.3, 0.4) is 0 Å². The molecule has 1 aromatic rings. The maximum Gasteiger partial charge on any atom is 0.330 e. The van der Waals surface area contributed by atoms with Crippen LogP contribution in [0.5, 0.6) is 0 Å². The van der Waals surface area contributed by atoms with Gasteiger partial charge >= 0.3 is 12.4 Å². The number of rotatable bonds is 6. The third-order valence-corrected chi connectivity index (χ3v) is 5.24. The number of aliphatic hydroxyl groups excluding tert-OH is 1. The molecule has 0 spiro atoms. The Morgan fingerprint density at radius 2 is 2.16 bits per heavy atom.